The number of carbonyl (C=O) groups excluding carboxylic acids is 2. The molecule has 0 aliphatic rings. The zero-order chi connectivity index (χ0) is 18.7. The number of benzene rings is 2. The molecule has 132 valence electrons. The Kier molecular flexibility index (Phi) is 4.84. The third-order valence-corrected chi connectivity index (χ3v) is 3.91. The van der Waals surface area contributed by atoms with Crippen LogP contribution in [0.4, 0.5) is 5.69 Å². The number of para-hydroxylation sites is 1. The minimum atomic E-state index is -1.01. The molecular weight excluding hydrogens is 332 g/mol. The highest BCUT2D eigenvalue weighted by atomic mass is 16.5. The summed E-state index contributed by atoms with van der Waals surface area (Å²) in [7, 11) is 0. The number of rotatable bonds is 4. The molecule has 2 aromatic carbocycles. The number of ether oxygens (including phenoxy) is 1. The second kappa shape index (κ2) is 7.23. The number of carbonyl (C=O) groups is 2. The van der Waals surface area contributed by atoms with Crippen LogP contribution >= 0.6 is 0 Å². The molecule has 1 aromatic heterocycles. The molecule has 6 heteroatoms. The quantitative estimate of drug-likeness (QED) is 0.708. The van der Waals surface area contributed by atoms with E-state index >= 15 is 0 Å². The van der Waals surface area contributed by atoms with E-state index in [0.717, 1.165) is 5.56 Å². The lowest BCUT2D eigenvalue weighted by atomic mass is 10.1. The average Bonchev–Trinajstić information content (AvgIpc) is 2.60. The van der Waals surface area contributed by atoms with Crippen molar-refractivity contribution in [1.82, 2.24) is 4.98 Å². The molecule has 0 aliphatic heterocycles. The van der Waals surface area contributed by atoms with Crippen LogP contribution in [0.15, 0.2) is 59.4 Å². The van der Waals surface area contributed by atoms with Crippen LogP contribution in [-0.2, 0) is 9.53 Å². The van der Waals surface area contributed by atoms with E-state index in [2.05, 4.69) is 10.3 Å². The summed E-state index contributed by atoms with van der Waals surface area (Å²) >= 11 is 0. The van der Waals surface area contributed by atoms with Crippen LogP contribution in [0, 0.1) is 6.92 Å². The number of aromatic nitrogens is 1. The molecule has 0 radical (unpaired) electrons. The van der Waals surface area contributed by atoms with Crippen LogP contribution in [0.5, 0.6) is 0 Å². The molecule has 26 heavy (non-hydrogen) atoms. The molecule has 3 rings (SSSR count). The minimum Gasteiger partial charge on any atom is -0.449 e. The largest absolute Gasteiger partial charge is 0.449 e. The van der Waals surface area contributed by atoms with Crippen molar-refractivity contribution in [3.63, 3.8) is 0 Å². The van der Waals surface area contributed by atoms with Crippen molar-refractivity contribution in [2.75, 3.05) is 5.32 Å². The van der Waals surface area contributed by atoms with Crippen LogP contribution in [-0.4, -0.2) is 23.0 Å². The first kappa shape index (κ1) is 17.4. The Balaban J connectivity index is 1.77. The van der Waals surface area contributed by atoms with Gasteiger partial charge in [0.25, 0.3) is 5.91 Å². The van der Waals surface area contributed by atoms with E-state index in [1.165, 1.54) is 13.0 Å². The smallest absolute Gasteiger partial charge is 0.339 e. The van der Waals surface area contributed by atoms with Gasteiger partial charge in [-0.3, -0.25) is 9.59 Å². The molecular formula is C20H18N2O4. The van der Waals surface area contributed by atoms with Crippen molar-refractivity contribution in [2.45, 2.75) is 20.0 Å². The summed E-state index contributed by atoms with van der Waals surface area (Å²) < 4.78 is 5.26. The summed E-state index contributed by atoms with van der Waals surface area (Å²) in [4.78, 5) is 39.2. The highest BCUT2D eigenvalue weighted by Gasteiger charge is 2.21. The lowest BCUT2D eigenvalue weighted by Gasteiger charge is -2.14. The number of esters is 1. The third-order valence-electron chi connectivity index (χ3n) is 3.91. The van der Waals surface area contributed by atoms with Crippen LogP contribution in [0.2, 0.25) is 0 Å². The van der Waals surface area contributed by atoms with E-state index in [0.29, 0.717) is 16.6 Å². The normalized spacial score (nSPS) is 11.8. The Bertz CT molecular complexity index is 1040. The fourth-order valence-electron chi connectivity index (χ4n) is 2.62. The number of hydrogen-bond donors (Lipinski definition) is 2. The average molecular weight is 350 g/mol. The Morgan fingerprint density at radius 2 is 1.85 bits per heavy atom. The highest BCUT2D eigenvalue weighted by molar-refractivity contribution is 6.04. The SMILES string of the molecule is Cc1cccc(NC(=O)[C@H](C)OC(=O)c2cc(=O)[nH]c3ccccc23)c1. The van der Waals surface area contributed by atoms with Gasteiger partial charge in [0.15, 0.2) is 6.10 Å². The summed E-state index contributed by atoms with van der Waals surface area (Å²) in [5, 5.41) is 3.26. The molecule has 1 amide bonds. The Labute approximate surface area is 149 Å². The van der Waals surface area contributed by atoms with Gasteiger partial charge < -0.3 is 15.0 Å². The molecule has 0 bridgehead atoms. The number of anilines is 1. The summed E-state index contributed by atoms with van der Waals surface area (Å²) in [5.41, 5.74) is 1.87. The Hall–Kier alpha value is -3.41. The van der Waals surface area contributed by atoms with Crippen LogP contribution in [0.1, 0.15) is 22.8 Å². The number of aromatic amines is 1. The number of amides is 1. The number of pyridine rings is 1. The van der Waals surface area contributed by atoms with Crippen molar-refractivity contribution in [2.24, 2.45) is 0 Å². The molecule has 1 atom stereocenters. The first-order valence-corrected chi connectivity index (χ1v) is 8.14. The number of H-pyrrole nitrogens is 1. The maximum absolute atomic E-state index is 12.5. The van der Waals surface area contributed by atoms with E-state index in [1.54, 1.807) is 30.3 Å². The Morgan fingerprint density at radius 3 is 2.62 bits per heavy atom. The lowest BCUT2D eigenvalue weighted by Crippen LogP contribution is -2.30. The van der Waals surface area contributed by atoms with Gasteiger partial charge in [0, 0.05) is 22.7 Å². The predicted molar refractivity (Wildman–Crippen MR) is 99.3 cm³/mol. The molecule has 6 nitrogen and oxygen atoms in total. The van der Waals surface area contributed by atoms with Gasteiger partial charge in [-0.25, -0.2) is 4.79 Å². The van der Waals surface area contributed by atoms with Gasteiger partial charge in [-0.1, -0.05) is 30.3 Å². The topological polar surface area (TPSA) is 88.3 Å². The lowest BCUT2D eigenvalue weighted by molar-refractivity contribution is -0.123. The van der Waals surface area contributed by atoms with E-state index in [1.807, 2.05) is 25.1 Å². The highest BCUT2D eigenvalue weighted by Crippen LogP contribution is 2.17. The molecule has 0 saturated carbocycles. The van der Waals surface area contributed by atoms with Crippen LogP contribution in [0.3, 0.4) is 0 Å². The summed E-state index contributed by atoms with van der Waals surface area (Å²) in [6.07, 6.45) is -1.01. The van der Waals surface area contributed by atoms with Gasteiger partial charge in [-0.05, 0) is 37.6 Å². The molecule has 1 heterocycles. The number of hydrogen-bond acceptors (Lipinski definition) is 4. The van der Waals surface area contributed by atoms with Gasteiger partial charge in [-0.15, -0.1) is 0 Å². The van der Waals surface area contributed by atoms with Crippen LogP contribution in [0.25, 0.3) is 10.9 Å². The fourth-order valence-corrected chi connectivity index (χ4v) is 2.62. The second-order valence-corrected chi connectivity index (χ2v) is 6.00. The van der Waals surface area contributed by atoms with Gasteiger partial charge in [0.2, 0.25) is 5.56 Å². The van der Waals surface area contributed by atoms with E-state index in [9.17, 15) is 14.4 Å². The number of nitrogens with one attached hydrogen (secondary N) is 2. The standard InChI is InChI=1S/C20H18N2O4/c1-12-6-5-7-14(10-12)21-19(24)13(2)26-20(25)16-11-18(23)22-17-9-4-3-8-15(16)17/h3-11,13H,1-2H3,(H,21,24)(H,22,23)/t13-/m0/s1. The maximum atomic E-state index is 12.5. The van der Waals surface area contributed by atoms with Crippen molar-refractivity contribution < 1.29 is 14.3 Å². The van der Waals surface area contributed by atoms with Gasteiger partial charge in [0.1, 0.15) is 0 Å². The molecule has 3 aromatic rings. The third kappa shape index (κ3) is 3.80. The van der Waals surface area contributed by atoms with Crippen molar-refractivity contribution >= 4 is 28.5 Å². The predicted octanol–water partition coefficient (Wildman–Crippen LogP) is 3.02. The van der Waals surface area contributed by atoms with Crippen molar-refractivity contribution in [3.05, 3.63) is 76.1 Å². The Morgan fingerprint density at radius 1 is 1.08 bits per heavy atom. The van der Waals surface area contributed by atoms with E-state index < -0.39 is 23.5 Å². The fraction of sp³-hybridized carbons (Fsp3) is 0.150. The number of fused-ring (bicyclic) bond motifs is 1. The first-order valence-electron chi connectivity index (χ1n) is 8.14. The monoisotopic (exact) mass is 350 g/mol. The maximum Gasteiger partial charge on any atom is 0.339 e. The molecule has 0 aliphatic carbocycles. The number of aryl methyl sites for hydroxylation is 1. The summed E-state index contributed by atoms with van der Waals surface area (Å²) in [6, 6.07) is 15.4. The first-order chi connectivity index (χ1) is 12.4. The molecule has 0 unspecified atom stereocenters. The van der Waals surface area contributed by atoms with Crippen LogP contribution < -0.4 is 10.9 Å². The van der Waals surface area contributed by atoms with Gasteiger partial charge in [-0.2, -0.15) is 0 Å². The molecule has 0 saturated heterocycles. The van der Waals surface area contributed by atoms with E-state index in [4.69, 9.17) is 4.74 Å². The summed E-state index contributed by atoms with van der Waals surface area (Å²) in [6.45, 7) is 3.40. The molecule has 2 N–H and O–H groups in total. The van der Waals surface area contributed by atoms with Gasteiger partial charge >= 0.3 is 5.97 Å². The molecule has 0 fully saturated rings. The van der Waals surface area contributed by atoms with E-state index in [-0.39, 0.29) is 5.56 Å². The van der Waals surface area contributed by atoms with Crippen molar-refractivity contribution in [1.29, 1.82) is 0 Å². The zero-order valence-electron chi connectivity index (χ0n) is 14.4. The minimum absolute atomic E-state index is 0.125. The second-order valence-electron chi connectivity index (χ2n) is 6.00. The zero-order valence-corrected chi connectivity index (χ0v) is 14.4. The van der Waals surface area contributed by atoms with Crippen molar-refractivity contribution in [3.8, 4) is 0 Å². The molecule has 0 spiro atoms. The summed E-state index contributed by atoms with van der Waals surface area (Å²) in [5.74, 6) is -1.17. The van der Waals surface area contributed by atoms with Gasteiger partial charge in [0.05, 0.1) is 5.56 Å².